The van der Waals surface area contributed by atoms with E-state index in [0.717, 1.165) is 13.0 Å². The third kappa shape index (κ3) is 5.52. The molecule has 0 aromatic heterocycles. The normalized spacial score (nSPS) is 11.5. The Morgan fingerprint density at radius 1 is 1.33 bits per heavy atom. The highest BCUT2D eigenvalue weighted by molar-refractivity contribution is 5.85. The zero-order valence-electron chi connectivity index (χ0n) is 11.3. The number of carbonyl (C=O) groups is 1. The zero-order valence-corrected chi connectivity index (χ0v) is 12.1. The smallest absolute Gasteiger partial charge is 0.220 e. The minimum Gasteiger partial charge on any atom is -0.350 e. The van der Waals surface area contributed by atoms with Crippen molar-refractivity contribution in [3.63, 3.8) is 0 Å². The molecule has 0 aliphatic carbocycles. The minimum atomic E-state index is 0. The van der Waals surface area contributed by atoms with Gasteiger partial charge in [-0.25, -0.2) is 0 Å². The molecule has 0 saturated heterocycles. The van der Waals surface area contributed by atoms with Crippen LogP contribution in [0, 0.1) is 6.92 Å². The van der Waals surface area contributed by atoms with E-state index < -0.39 is 0 Å². The molecule has 1 rings (SSSR count). The van der Waals surface area contributed by atoms with E-state index in [0.29, 0.717) is 6.42 Å². The van der Waals surface area contributed by atoms with Crippen LogP contribution in [0.15, 0.2) is 24.3 Å². The maximum Gasteiger partial charge on any atom is 0.220 e. The van der Waals surface area contributed by atoms with E-state index in [2.05, 4.69) is 29.7 Å². The molecule has 0 aliphatic rings. The molecule has 18 heavy (non-hydrogen) atoms. The van der Waals surface area contributed by atoms with Crippen molar-refractivity contribution >= 4 is 18.3 Å². The molecular weight excluding hydrogens is 248 g/mol. The van der Waals surface area contributed by atoms with Gasteiger partial charge in [-0.1, -0.05) is 24.3 Å². The molecule has 4 heteroatoms. The van der Waals surface area contributed by atoms with Crippen molar-refractivity contribution < 1.29 is 4.79 Å². The van der Waals surface area contributed by atoms with E-state index in [1.54, 1.807) is 0 Å². The van der Waals surface area contributed by atoms with Gasteiger partial charge >= 0.3 is 0 Å². The monoisotopic (exact) mass is 270 g/mol. The van der Waals surface area contributed by atoms with Crippen LogP contribution in [0.3, 0.4) is 0 Å². The average molecular weight is 271 g/mol. The van der Waals surface area contributed by atoms with Crippen LogP contribution in [0.2, 0.25) is 0 Å². The molecule has 0 spiro atoms. The van der Waals surface area contributed by atoms with Crippen LogP contribution in [0.25, 0.3) is 0 Å². The number of halogens is 1. The summed E-state index contributed by atoms with van der Waals surface area (Å²) in [7, 11) is 1.90. The average Bonchev–Trinajstić information content (AvgIpc) is 2.29. The predicted octanol–water partition coefficient (Wildman–Crippen LogP) is 2.59. The Labute approximate surface area is 116 Å². The van der Waals surface area contributed by atoms with Crippen molar-refractivity contribution in [2.24, 2.45) is 0 Å². The molecule has 2 N–H and O–H groups in total. The second-order valence-electron chi connectivity index (χ2n) is 4.35. The highest BCUT2D eigenvalue weighted by Gasteiger charge is 2.10. The van der Waals surface area contributed by atoms with Gasteiger partial charge < -0.3 is 10.6 Å². The Kier molecular flexibility index (Phi) is 8.42. The second kappa shape index (κ2) is 8.95. The number of nitrogens with one attached hydrogen (secondary N) is 2. The molecule has 0 heterocycles. The molecule has 0 bridgehead atoms. The number of hydrogen-bond acceptors (Lipinski definition) is 2. The standard InChI is InChI=1S/C14H22N2O.ClH/c1-11-7-4-5-8-13(11)12(2)16-14(17)9-6-10-15-3;/h4-5,7-8,12,15H,6,9-10H2,1-3H3,(H,16,17);1H. The number of aryl methyl sites for hydroxylation is 1. The van der Waals surface area contributed by atoms with Gasteiger partial charge in [0.05, 0.1) is 6.04 Å². The second-order valence-corrected chi connectivity index (χ2v) is 4.35. The fourth-order valence-corrected chi connectivity index (χ4v) is 1.89. The van der Waals surface area contributed by atoms with Gasteiger partial charge in [0.1, 0.15) is 0 Å². The van der Waals surface area contributed by atoms with Crippen molar-refractivity contribution in [3.05, 3.63) is 35.4 Å². The zero-order chi connectivity index (χ0) is 12.7. The maximum atomic E-state index is 11.7. The van der Waals surface area contributed by atoms with Crippen molar-refractivity contribution in [1.82, 2.24) is 10.6 Å². The third-order valence-corrected chi connectivity index (χ3v) is 2.86. The summed E-state index contributed by atoms with van der Waals surface area (Å²) in [4.78, 5) is 11.7. The van der Waals surface area contributed by atoms with Crippen LogP contribution in [0.1, 0.15) is 36.9 Å². The predicted molar refractivity (Wildman–Crippen MR) is 78.1 cm³/mol. The molecule has 1 aromatic rings. The van der Waals surface area contributed by atoms with E-state index in [1.165, 1.54) is 11.1 Å². The first-order valence-corrected chi connectivity index (χ1v) is 6.14. The quantitative estimate of drug-likeness (QED) is 0.780. The summed E-state index contributed by atoms with van der Waals surface area (Å²) in [6.45, 7) is 4.98. The molecule has 3 nitrogen and oxygen atoms in total. The maximum absolute atomic E-state index is 11.7. The molecule has 1 aromatic carbocycles. The summed E-state index contributed by atoms with van der Waals surface area (Å²) in [6, 6.07) is 8.23. The van der Waals surface area contributed by atoms with Gasteiger partial charge in [-0.3, -0.25) is 4.79 Å². The minimum absolute atomic E-state index is 0. The van der Waals surface area contributed by atoms with Crippen LogP contribution in [0.4, 0.5) is 0 Å². The van der Waals surface area contributed by atoms with Gasteiger partial charge in [0, 0.05) is 6.42 Å². The van der Waals surface area contributed by atoms with E-state index in [9.17, 15) is 4.79 Å². The summed E-state index contributed by atoms with van der Waals surface area (Å²) >= 11 is 0. The summed E-state index contributed by atoms with van der Waals surface area (Å²) in [5.41, 5.74) is 2.41. The first-order valence-electron chi connectivity index (χ1n) is 6.14. The highest BCUT2D eigenvalue weighted by atomic mass is 35.5. The fraction of sp³-hybridized carbons (Fsp3) is 0.500. The first kappa shape index (κ1) is 16.9. The molecular formula is C14H23ClN2O. The van der Waals surface area contributed by atoms with Crippen LogP contribution < -0.4 is 10.6 Å². The fourth-order valence-electron chi connectivity index (χ4n) is 1.89. The number of carbonyl (C=O) groups excluding carboxylic acids is 1. The molecule has 102 valence electrons. The van der Waals surface area contributed by atoms with E-state index in [-0.39, 0.29) is 24.4 Å². The number of benzene rings is 1. The summed E-state index contributed by atoms with van der Waals surface area (Å²) in [6.07, 6.45) is 1.46. The molecule has 0 aliphatic heterocycles. The Morgan fingerprint density at radius 2 is 2.00 bits per heavy atom. The Balaban J connectivity index is 0.00000289. The largest absolute Gasteiger partial charge is 0.350 e. The van der Waals surface area contributed by atoms with Gasteiger partial charge in [-0.05, 0) is 45.0 Å². The van der Waals surface area contributed by atoms with Crippen molar-refractivity contribution in [2.45, 2.75) is 32.7 Å². The Hall–Kier alpha value is -1.06. The Bertz CT molecular complexity index is 369. The van der Waals surface area contributed by atoms with Crippen molar-refractivity contribution in [3.8, 4) is 0 Å². The van der Waals surface area contributed by atoms with Gasteiger partial charge in [0.15, 0.2) is 0 Å². The lowest BCUT2D eigenvalue weighted by Gasteiger charge is -2.16. The topological polar surface area (TPSA) is 41.1 Å². The van der Waals surface area contributed by atoms with E-state index >= 15 is 0 Å². The molecule has 0 saturated carbocycles. The van der Waals surface area contributed by atoms with Crippen molar-refractivity contribution in [1.29, 1.82) is 0 Å². The number of hydrogen-bond donors (Lipinski definition) is 2. The number of rotatable bonds is 6. The molecule has 0 radical (unpaired) electrons. The lowest BCUT2D eigenvalue weighted by atomic mass is 10.0. The van der Waals surface area contributed by atoms with Crippen LogP contribution >= 0.6 is 12.4 Å². The lowest BCUT2D eigenvalue weighted by molar-refractivity contribution is -0.121. The summed E-state index contributed by atoms with van der Waals surface area (Å²) < 4.78 is 0. The molecule has 0 fully saturated rings. The van der Waals surface area contributed by atoms with Crippen LogP contribution in [-0.2, 0) is 4.79 Å². The van der Waals surface area contributed by atoms with Gasteiger partial charge in [-0.2, -0.15) is 0 Å². The van der Waals surface area contributed by atoms with E-state index in [1.807, 2.05) is 26.1 Å². The Morgan fingerprint density at radius 3 is 2.61 bits per heavy atom. The SMILES string of the molecule is CNCCCC(=O)NC(C)c1ccccc1C.Cl. The van der Waals surface area contributed by atoms with E-state index in [4.69, 9.17) is 0 Å². The van der Waals surface area contributed by atoms with Gasteiger partial charge in [0.25, 0.3) is 0 Å². The number of amides is 1. The molecule has 1 atom stereocenters. The van der Waals surface area contributed by atoms with Gasteiger partial charge in [-0.15, -0.1) is 12.4 Å². The van der Waals surface area contributed by atoms with Crippen LogP contribution in [0.5, 0.6) is 0 Å². The third-order valence-electron chi connectivity index (χ3n) is 2.86. The first-order chi connectivity index (χ1) is 8.15. The van der Waals surface area contributed by atoms with Crippen molar-refractivity contribution in [2.75, 3.05) is 13.6 Å². The highest BCUT2D eigenvalue weighted by Crippen LogP contribution is 2.16. The summed E-state index contributed by atoms with van der Waals surface area (Å²) in [5.74, 6) is 0.121. The summed E-state index contributed by atoms with van der Waals surface area (Å²) in [5, 5.41) is 6.07. The molecule has 1 unspecified atom stereocenters. The van der Waals surface area contributed by atoms with Crippen LogP contribution in [-0.4, -0.2) is 19.5 Å². The van der Waals surface area contributed by atoms with Gasteiger partial charge in [0.2, 0.25) is 5.91 Å². The lowest BCUT2D eigenvalue weighted by Crippen LogP contribution is -2.27. The molecule has 1 amide bonds.